The topological polar surface area (TPSA) is 49.3 Å². The third kappa shape index (κ3) is 3.13. The quantitative estimate of drug-likeness (QED) is 0.810. The van der Waals surface area contributed by atoms with Gasteiger partial charge in [-0.2, -0.15) is 0 Å². The van der Waals surface area contributed by atoms with E-state index in [1.807, 2.05) is 0 Å². The molecule has 1 aromatic carbocycles. The summed E-state index contributed by atoms with van der Waals surface area (Å²) in [5, 5.41) is 12.3. The van der Waals surface area contributed by atoms with Gasteiger partial charge in [0.05, 0.1) is 5.38 Å². The molecule has 0 saturated heterocycles. The molecule has 3 nitrogen and oxygen atoms in total. The lowest BCUT2D eigenvalue weighted by molar-refractivity contribution is 0.0952. The first-order valence-electron chi connectivity index (χ1n) is 5.80. The van der Waals surface area contributed by atoms with Crippen molar-refractivity contribution < 1.29 is 9.90 Å². The van der Waals surface area contributed by atoms with Gasteiger partial charge in [-0.25, -0.2) is 0 Å². The van der Waals surface area contributed by atoms with Crippen LogP contribution in [-0.4, -0.2) is 22.9 Å². The number of benzene rings is 1. The average Bonchev–Trinajstić information content (AvgIpc) is 3.13. The molecule has 0 bridgehead atoms. The van der Waals surface area contributed by atoms with Crippen LogP contribution < -0.4 is 5.32 Å². The number of phenols is 1. The van der Waals surface area contributed by atoms with Crippen molar-refractivity contribution in [2.24, 2.45) is 5.92 Å². The van der Waals surface area contributed by atoms with Crippen molar-refractivity contribution in [3.8, 4) is 5.75 Å². The Morgan fingerprint density at radius 1 is 1.59 bits per heavy atom. The van der Waals surface area contributed by atoms with E-state index < -0.39 is 0 Å². The van der Waals surface area contributed by atoms with Crippen molar-refractivity contribution in [2.45, 2.75) is 25.1 Å². The first kappa shape index (κ1) is 12.2. The van der Waals surface area contributed by atoms with E-state index in [-0.39, 0.29) is 17.0 Å². The SMILES string of the molecule is Cc1ccc(C(=O)NCC(Cl)C2CC2)cc1O. The molecule has 92 valence electrons. The number of nitrogens with one attached hydrogen (secondary N) is 1. The zero-order valence-corrected chi connectivity index (χ0v) is 10.5. The average molecular weight is 254 g/mol. The smallest absolute Gasteiger partial charge is 0.251 e. The van der Waals surface area contributed by atoms with Crippen LogP contribution in [0.1, 0.15) is 28.8 Å². The van der Waals surface area contributed by atoms with Gasteiger partial charge in [0.25, 0.3) is 5.91 Å². The Morgan fingerprint density at radius 3 is 2.88 bits per heavy atom. The number of aromatic hydroxyl groups is 1. The summed E-state index contributed by atoms with van der Waals surface area (Å²) in [6.45, 7) is 2.28. The maximum Gasteiger partial charge on any atom is 0.251 e. The monoisotopic (exact) mass is 253 g/mol. The summed E-state index contributed by atoms with van der Waals surface area (Å²) >= 11 is 6.10. The molecule has 2 rings (SSSR count). The Kier molecular flexibility index (Phi) is 3.57. The molecule has 0 radical (unpaired) electrons. The zero-order valence-electron chi connectivity index (χ0n) is 9.74. The van der Waals surface area contributed by atoms with Crippen molar-refractivity contribution in [3.63, 3.8) is 0 Å². The van der Waals surface area contributed by atoms with E-state index in [2.05, 4.69) is 5.32 Å². The number of hydrogen-bond donors (Lipinski definition) is 2. The molecule has 0 aliphatic heterocycles. The molecule has 2 N–H and O–H groups in total. The van der Waals surface area contributed by atoms with Gasteiger partial charge in [-0.1, -0.05) is 6.07 Å². The number of halogens is 1. The molecule has 1 aromatic rings. The van der Waals surface area contributed by atoms with E-state index in [1.165, 1.54) is 6.07 Å². The number of hydrogen-bond acceptors (Lipinski definition) is 2. The molecular formula is C13H16ClNO2. The van der Waals surface area contributed by atoms with E-state index in [4.69, 9.17) is 11.6 Å². The van der Waals surface area contributed by atoms with Crippen LogP contribution in [0.5, 0.6) is 5.75 Å². The van der Waals surface area contributed by atoms with Gasteiger partial charge in [0, 0.05) is 12.1 Å². The standard InChI is InChI=1S/C13H16ClNO2/c1-8-2-3-10(6-12(8)16)13(17)15-7-11(14)9-4-5-9/h2-3,6,9,11,16H,4-5,7H2,1H3,(H,15,17). The van der Waals surface area contributed by atoms with Crippen molar-refractivity contribution in [3.05, 3.63) is 29.3 Å². The Labute approximate surface area is 106 Å². The number of amides is 1. The molecule has 1 amide bonds. The maximum absolute atomic E-state index is 11.8. The van der Waals surface area contributed by atoms with E-state index in [9.17, 15) is 9.90 Å². The maximum atomic E-state index is 11.8. The highest BCUT2D eigenvalue weighted by atomic mass is 35.5. The molecule has 0 heterocycles. The molecule has 17 heavy (non-hydrogen) atoms. The van der Waals surface area contributed by atoms with Gasteiger partial charge in [-0.05, 0) is 43.4 Å². The molecule has 1 aliphatic carbocycles. The van der Waals surface area contributed by atoms with Crippen molar-refractivity contribution in [1.29, 1.82) is 0 Å². The van der Waals surface area contributed by atoms with Crippen LogP contribution in [0.3, 0.4) is 0 Å². The lowest BCUT2D eigenvalue weighted by Gasteiger charge is -2.10. The highest BCUT2D eigenvalue weighted by Gasteiger charge is 2.29. The highest BCUT2D eigenvalue weighted by Crippen LogP contribution is 2.35. The third-order valence-electron chi connectivity index (χ3n) is 3.06. The number of carbonyl (C=O) groups excluding carboxylic acids is 1. The Balaban J connectivity index is 1.92. The second-order valence-corrected chi connectivity index (χ2v) is 5.13. The summed E-state index contributed by atoms with van der Waals surface area (Å²) in [6.07, 6.45) is 2.32. The van der Waals surface area contributed by atoms with Crippen LogP contribution in [-0.2, 0) is 0 Å². The first-order chi connectivity index (χ1) is 8.08. The van der Waals surface area contributed by atoms with Crippen LogP contribution in [0.4, 0.5) is 0 Å². The molecule has 4 heteroatoms. The molecule has 1 aliphatic rings. The number of phenolic OH excluding ortho intramolecular Hbond substituents is 1. The number of aryl methyl sites for hydroxylation is 1. The summed E-state index contributed by atoms with van der Waals surface area (Å²) in [5.74, 6) is 0.511. The van der Waals surface area contributed by atoms with E-state index in [1.54, 1.807) is 19.1 Å². The predicted octanol–water partition coefficient (Wildman–Crippen LogP) is 2.45. The summed E-state index contributed by atoms with van der Waals surface area (Å²) in [6, 6.07) is 4.90. The fraction of sp³-hybridized carbons (Fsp3) is 0.462. The summed E-state index contributed by atoms with van der Waals surface area (Å²) in [7, 11) is 0. The molecule has 1 unspecified atom stereocenters. The molecule has 1 fully saturated rings. The number of alkyl halides is 1. The Bertz CT molecular complexity index is 429. The lowest BCUT2D eigenvalue weighted by atomic mass is 10.1. The van der Waals surface area contributed by atoms with Gasteiger partial charge < -0.3 is 10.4 Å². The van der Waals surface area contributed by atoms with Gasteiger partial charge in [0.2, 0.25) is 0 Å². The van der Waals surface area contributed by atoms with Crippen molar-refractivity contribution in [1.82, 2.24) is 5.32 Å². The number of rotatable bonds is 4. The minimum Gasteiger partial charge on any atom is -0.508 e. The Morgan fingerprint density at radius 2 is 2.29 bits per heavy atom. The van der Waals surface area contributed by atoms with Crippen molar-refractivity contribution >= 4 is 17.5 Å². The van der Waals surface area contributed by atoms with E-state index in [0.717, 1.165) is 18.4 Å². The van der Waals surface area contributed by atoms with Gasteiger partial charge in [0.1, 0.15) is 5.75 Å². The second kappa shape index (κ2) is 4.96. The highest BCUT2D eigenvalue weighted by molar-refractivity contribution is 6.21. The van der Waals surface area contributed by atoms with Crippen LogP contribution >= 0.6 is 11.6 Å². The van der Waals surface area contributed by atoms with Crippen LogP contribution in [0.25, 0.3) is 0 Å². The molecular weight excluding hydrogens is 238 g/mol. The largest absolute Gasteiger partial charge is 0.508 e. The molecule has 1 saturated carbocycles. The van der Waals surface area contributed by atoms with E-state index >= 15 is 0 Å². The van der Waals surface area contributed by atoms with Crippen LogP contribution in [0, 0.1) is 12.8 Å². The minimum atomic E-state index is -0.188. The van der Waals surface area contributed by atoms with Gasteiger partial charge in [-0.15, -0.1) is 11.6 Å². The van der Waals surface area contributed by atoms with E-state index in [0.29, 0.717) is 18.0 Å². The molecule has 0 aromatic heterocycles. The van der Waals surface area contributed by atoms with Crippen LogP contribution in [0.2, 0.25) is 0 Å². The number of carbonyl (C=O) groups is 1. The van der Waals surface area contributed by atoms with Gasteiger partial charge in [0.15, 0.2) is 0 Å². The summed E-state index contributed by atoms with van der Waals surface area (Å²) < 4.78 is 0. The molecule has 1 atom stereocenters. The summed E-state index contributed by atoms with van der Waals surface area (Å²) in [5.41, 5.74) is 1.22. The van der Waals surface area contributed by atoms with Crippen molar-refractivity contribution in [2.75, 3.05) is 6.54 Å². The lowest BCUT2D eigenvalue weighted by Crippen LogP contribution is -2.30. The minimum absolute atomic E-state index is 0.0259. The normalized spacial score (nSPS) is 16.6. The fourth-order valence-corrected chi connectivity index (χ4v) is 2.00. The first-order valence-corrected chi connectivity index (χ1v) is 6.23. The Hall–Kier alpha value is -1.22. The fourth-order valence-electron chi connectivity index (χ4n) is 1.67. The third-order valence-corrected chi connectivity index (χ3v) is 3.57. The van der Waals surface area contributed by atoms with Gasteiger partial charge in [-0.3, -0.25) is 4.79 Å². The van der Waals surface area contributed by atoms with Crippen LogP contribution in [0.15, 0.2) is 18.2 Å². The second-order valence-electron chi connectivity index (χ2n) is 4.56. The summed E-state index contributed by atoms with van der Waals surface area (Å²) in [4.78, 5) is 11.8. The molecule has 0 spiro atoms. The zero-order chi connectivity index (χ0) is 12.4. The predicted molar refractivity (Wildman–Crippen MR) is 67.5 cm³/mol. The van der Waals surface area contributed by atoms with Gasteiger partial charge >= 0.3 is 0 Å².